The zero-order chi connectivity index (χ0) is 16.8. The third-order valence-corrected chi connectivity index (χ3v) is 4.49. The largest absolute Gasteiger partial charge is 0.335 e. The van der Waals surface area contributed by atoms with Crippen LogP contribution in [0.25, 0.3) is 0 Å². The summed E-state index contributed by atoms with van der Waals surface area (Å²) < 4.78 is 13.2. The van der Waals surface area contributed by atoms with Crippen LogP contribution in [0, 0.1) is 5.82 Å². The number of nitrogens with zero attached hydrogens (tertiary/aromatic N) is 2. The van der Waals surface area contributed by atoms with Crippen molar-refractivity contribution >= 4 is 36.0 Å². The highest BCUT2D eigenvalue weighted by atomic mass is 35.5. The molecule has 0 radical (unpaired) electrons. The predicted molar refractivity (Wildman–Crippen MR) is 96.6 cm³/mol. The van der Waals surface area contributed by atoms with E-state index in [1.54, 1.807) is 28.8 Å². The monoisotopic (exact) mass is 375 g/mol. The Morgan fingerprint density at radius 3 is 2.79 bits per heavy atom. The van der Waals surface area contributed by atoms with E-state index in [0.717, 1.165) is 11.3 Å². The summed E-state index contributed by atoms with van der Waals surface area (Å²) >= 11 is 1.64. The molecule has 1 aliphatic rings. The number of amides is 2. The van der Waals surface area contributed by atoms with Crippen molar-refractivity contribution in [1.29, 1.82) is 0 Å². The molecule has 1 saturated heterocycles. The number of thioether (sulfide) groups is 1. The minimum Gasteiger partial charge on any atom is -0.335 e. The molecule has 0 unspecified atom stereocenters. The summed E-state index contributed by atoms with van der Waals surface area (Å²) in [5.74, 6) is 0.202. The number of carbonyl (C=O) groups is 2. The number of hydrogen-bond donors (Lipinski definition) is 1. The zero-order valence-corrected chi connectivity index (χ0v) is 15.2. The minimum absolute atomic E-state index is 0. The van der Waals surface area contributed by atoms with Crippen molar-refractivity contribution in [3.8, 4) is 0 Å². The number of carbonyl (C=O) groups excluding carboxylic acids is 2. The average molecular weight is 376 g/mol. The minimum atomic E-state index is -0.551. The van der Waals surface area contributed by atoms with Crippen molar-refractivity contribution in [2.45, 2.75) is 19.0 Å². The molecular formula is C16H23ClFN3O2S. The molecule has 8 heteroatoms. The fraction of sp³-hybridized carbons (Fsp3) is 0.500. The van der Waals surface area contributed by atoms with Gasteiger partial charge in [-0.3, -0.25) is 9.59 Å². The van der Waals surface area contributed by atoms with Crippen LogP contribution in [0.3, 0.4) is 0 Å². The standard InChI is InChI=1S/C16H22FN3O2S.ClH/c1-23-8-5-14(18)16(22)20-7-6-19(15(21)11-20)10-12-3-2-4-13(17)9-12;/h2-4,9,14H,5-8,10-11,18H2,1H3;1H/t14-;/m0./s1. The third kappa shape index (κ3) is 5.65. The summed E-state index contributed by atoms with van der Waals surface area (Å²) in [4.78, 5) is 27.6. The van der Waals surface area contributed by atoms with Crippen molar-refractivity contribution in [3.05, 3.63) is 35.6 Å². The van der Waals surface area contributed by atoms with E-state index in [4.69, 9.17) is 5.73 Å². The van der Waals surface area contributed by atoms with Crippen LogP contribution in [-0.2, 0) is 16.1 Å². The molecule has 1 heterocycles. The first-order valence-corrected chi connectivity index (χ1v) is 8.96. The summed E-state index contributed by atoms with van der Waals surface area (Å²) in [7, 11) is 0. The molecule has 1 aromatic rings. The van der Waals surface area contributed by atoms with Gasteiger partial charge in [0, 0.05) is 19.6 Å². The van der Waals surface area contributed by atoms with Crippen molar-refractivity contribution in [3.63, 3.8) is 0 Å². The Labute approximate surface area is 152 Å². The van der Waals surface area contributed by atoms with Crippen LogP contribution < -0.4 is 5.73 Å². The van der Waals surface area contributed by atoms with Crippen LogP contribution in [-0.4, -0.2) is 59.3 Å². The van der Waals surface area contributed by atoms with E-state index in [-0.39, 0.29) is 36.6 Å². The topological polar surface area (TPSA) is 66.6 Å². The smallest absolute Gasteiger partial charge is 0.242 e. The molecule has 2 amide bonds. The maximum atomic E-state index is 13.2. The van der Waals surface area contributed by atoms with Crippen LogP contribution in [0.2, 0.25) is 0 Å². The molecule has 0 saturated carbocycles. The number of piperazine rings is 1. The lowest BCUT2D eigenvalue weighted by Crippen LogP contribution is -2.55. The molecule has 1 aliphatic heterocycles. The number of rotatable bonds is 6. The van der Waals surface area contributed by atoms with Gasteiger partial charge in [0.05, 0.1) is 12.6 Å². The van der Waals surface area contributed by atoms with E-state index >= 15 is 0 Å². The Morgan fingerprint density at radius 2 is 2.17 bits per heavy atom. The van der Waals surface area contributed by atoms with Gasteiger partial charge in [0.15, 0.2) is 0 Å². The highest BCUT2D eigenvalue weighted by Crippen LogP contribution is 2.12. The lowest BCUT2D eigenvalue weighted by molar-refractivity contribution is -0.146. The normalized spacial score (nSPS) is 15.9. The molecule has 5 nitrogen and oxygen atoms in total. The first-order chi connectivity index (χ1) is 11.0. The molecule has 2 N–H and O–H groups in total. The SMILES string of the molecule is CSCC[C@H](N)C(=O)N1CCN(Cc2cccc(F)c2)C(=O)C1.Cl. The van der Waals surface area contributed by atoms with Gasteiger partial charge in [0.2, 0.25) is 11.8 Å². The first kappa shape index (κ1) is 20.7. The molecule has 1 fully saturated rings. The second-order valence-electron chi connectivity index (χ2n) is 5.59. The summed E-state index contributed by atoms with van der Waals surface area (Å²) in [6.07, 6.45) is 2.57. The Hall–Kier alpha value is -1.31. The van der Waals surface area contributed by atoms with Gasteiger partial charge in [-0.05, 0) is 36.1 Å². The quantitative estimate of drug-likeness (QED) is 0.818. The van der Waals surface area contributed by atoms with Gasteiger partial charge in [-0.2, -0.15) is 11.8 Å². The third-order valence-electron chi connectivity index (χ3n) is 3.84. The van der Waals surface area contributed by atoms with E-state index in [1.165, 1.54) is 17.0 Å². The second-order valence-corrected chi connectivity index (χ2v) is 6.58. The van der Waals surface area contributed by atoms with Crippen molar-refractivity contribution < 1.29 is 14.0 Å². The van der Waals surface area contributed by atoms with Crippen LogP contribution in [0.15, 0.2) is 24.3 Å². The maximum absolute atomic E-state index is 13.2. The van der Waals surface area contributed by atoms with E-state index in [2.05, 4.69) is 0 Å². The highest BCUT2D eigenvalue weighted by molar-refractivity contribution is 7.98. The summed E-state index contributed by atoms with van der Waals surface area (Å²) in [5.41, 5.74) is 6.63. The summed E-state index contributed by atoms with van der Waals surface area (Å²) in [6, 6.07) is 5.65. The van der Waals surface area contributed by atoms with Crippen LogP contribution >= 0.6 is 24.2 Å². The van der Waals surface area contributed by atoms with Gasteiger partial charge in [-0.15, -0.1) is 12.4 Å². The van der Waals surface area contributed by atoms with Crippen molar-refractivity contribution in [2.24, 2.45) is 5.73 Å². The number of benzene rings is 1. The van der Waals surface area contributed by atoms with E-state index in [9.17, 15) is 14.0 Å². The van der Waals surface area contributed by atoms with Crippen molar-refractivity contribution in [2.75, 3.05) is 31.6 Å². The zero-order valence-electron chi connectivity index (χ0n) is 13.6. The molecule has 0 spiro atoms. The van der Waals surface area contributed by atoms with Gasteiger partial charge < -0.3 is 15.5 Å². The van der Waals surface area contributed by atoms with E-state index < -0.39 is 6.04 Å². The summed E-state index contributed by atoms with van der Waals surface area (Å²) in [5, 5.41) is 0. The van der Waals surface area contributed by atoms with E-state index in [0.29, 0.717) is 26.1 Å². The lowest BCUT2D eigenvalue weighted by atomic mass is 10.1. The first-order valence-electron chi connectivity index (χ1n) is 7.57. The Balaban J connectivity index is 0.00000288. The summed E-state index contributed by atoms with van der Waals surface area (Å²) in [6.45, 7) is 1.31. The molecule has 1 aromatic carbocycles. The van der Waals surface area contributed by atoms with Gasteiger partial charge in [0.1, 0.15) is 5.82 Å². The number of halogens is 2. The maximum Gasteiger partial charge on any atom is 0.242 e. The molecule has 0 aliphatic carbocycles. The lowest BCUT2D eigenvalue weighted by Gasteiger charge is -2.35. The molecule has 1 atom stereocenters. The van der Waals surface area contributed by atoms with Gasteiger partial charge >= 0.3 is 0 Å². The van der Waals surface area contributed by atoms with Crippen LogP contribution in [0.5, 0.6) is 0 Å². The van der Waals surface area contributed by atoms with Crippen LogP contribution in [0.1, 0.15) is 12.0 Å². The Kier molecular flexibility index (Phi) is 8.52. The molecule has 24 heavy (non-hydrogen) atoms. The Bertz CT molecular complexity index is 576. The van der Waals surface area contributed by atoms with Gasteiger partial charge in [-0.25, -0.2) is 4.39 Å². The number of hydrogen-bond acceptors (Lipinski definition) is 4. The number of nitrogens with two attached hydrogens (primary N) is 1. The fourth-order valence-electron chi connectivity index (χ4n) is 2.52. The molecular weight excluding hydrogens is 353 g/mol. The fourth-order valence-corrected chi connectivity index (χ4v) is 3.01. The molecule has 2 rings (SSSR count). The highest BCUT2D eigenvalue weighted by Gasteiger charge is 2.29. The van der Waals surface area contributed by atoms with Crippen molar-refractivity contribution in [1.82, 2.24) is 9.80 Å². The Morgan fingerprint density at radius 1 is 1.42 bits per heavy atom. The van der Waals surface area contributed by atoms with Gasteiger partial charge in [0.25, 0.3) is 0 Å². The molecule has 0 bridgehead atoms. The van der Waals surface area contributed by atoms with E-state index in [1.807, 2.05) is 6.26 Å². The predicted octanol–water partition coefficient (Wildman–Crippen LogP) is 1.50. The second kappa shape index (κ2) is 9.86. The van der Waals surface area contributed by atoms with Gasteiger partial charge in [-0.1, -0.05) is 12.1 Å². The molecule has 134 valence electrons. The molecule has 0 aromatic heterocycles. The average Bonchev–Trinajstić information content (AvgIpc) is 2.54. The van der Waals surface area contributed by atoms with Crippen LogP contribution in [0.4, 0.5) is 4.39 Å².